The monoisotopic (exact) mass is 439 g/mol. The Morgan fingerprint density at radius 1 is 0.903 bits per heavy atom. The second kappa shape index (κ2) is 8.91. The van der Waals surface area contributed by atoms with Crippen molar-refractivity contribution in [3.63, 3.8) is 0 Å². The first-order valence-corrected chi connectivity index (χ1v) is 11.5. The van der Waals surface area contributed by atoms with Gasteiger partial charge < -0.3 is 14.5 Å². The largest absolute Gasteiger partial charge is 0.457 e. The number of aromatic nitrogens is 2. The lowest BCUT2D eigenvalue weighted by molar-refractivity contribution is 0.383. The minimum absolute atomic E-state index is 0.260. The molecule has 8 nitrogen and oxygen atoms in total. The number of rotatable bonds is 6. The van der Waals surface area contributed by atoms with Gasteiger partial charge in [-0.1, -0.05) is 18.2 Å². The van der Waals surface area contributed by atoms with Gasteiger partial charge in [0.1, 0.15) is 11.5 Å². The predicted octanol–water partition coefficient (Wildman–Crippen LogP) is 2.85. The summed E-state index contributed by atoms with van der Waals surface area (Å²) in [6.45, 7) is 1.89. The average molecular weight is 440 g/mol. The van der Waals surface area contributed by atoms with Crippen molar-refractivity contribution < 1.29 is 13.2 Å². The maximum Gasteiger partial charge on any atom is 0.243 e. The van der Waals surface area contributed by atoms with Gasteiger partial charge in [-0.2, -0.15) is 9.40 Å². The van der Waals surface area contributed by atoms with Crippen molar-refractivity contribution in [2.45, 2.75) is 4.90 Å². The van der Waals surface area contributed by atoms with E-state index in [0.717, 1.165) is 11.5 Å². The molecule has 31 heavy (non-hydrogen) atoms. The molecule has 0 radical (unpaired) electrons. The van der Waals surface area contributed by atoms with E-state index in [9.17, 15) is 8.42 Å². The van der Waals surface area contributed by atoms with E-state index in [4.69, 9.17) is 4.74 Å². The van der Waals surface area contributed by atoms with Gasteiger partial charge in [0.25, 0.3) is 0 Å². The highest BCUT2D eigenvalue weighted by Crippen LogP contribution is 2.25. The third kappa shape index (κ3) is 4.78. The Morgan fingerprint density at radius 3 is 2.19 bits per heavy atom. The fraction of sp³-hybridized carbons (Fsp3) is 0.273. The average Bonchev–Trinajstić information content (AvgIpc) is 2.80. The standard InChI is InChI=1S/C22H25N5O3S/c1-25(2)18-16-22(24-23-17-18)26-12-14-27(15-13-26)31(28,29)21-10-8-20(9-11-21)30-19-6-4-3-5-7-19/h3-11,16-17H,12-15H2,1-2H3. The minimum Gasteiger partial charge on any atom is -0.457 e. The summed E-state index contributed by atoms with van der Waals surface area (Å²) in [5.41, 5.74) is 0.956. The van der Waals surface area contributed by atoms with Crippen LogP contribution in [-0.4, -0.2) is 63.2 Å². The zero-order valence-corrected chi connectivity index (χ0v) is 18.4. The molecule has 2 heterocycles. The van der Waals surface area contributed by atoms with Gasteiger partial charge in [0, 0.05) is 46.3 Å². The number of piperazine rings is 1. The number of benzene rings is 2. The number of nitrogens with zero attached hydrogens (tertiary/aromatic N) is 5. The lowest BCUT2D eigenvalue weighted by Crippen LogP contribution is -2.49. The third-order valence-electron chi connectivity index (χ3n) is 5.15. The molecule has 0 spiro atoms. The molecular weight excluding hydrogens is 414 g/mol. The molecule has 162 valence electrons. The fourth-order valence-electron chi connectivity index (χ4n) is 3.36. The summed E-state index contributed by atoms with van der Waals surface area (Å²) < 4.78 is 33.4. The van der Waals surface area contributed by atoms with Crippen molar-refractivity contribution in [1.29, 1.82) is 0 Å². The molecule has 4 rings (SSSR count). The summed E-state index contributed by atoms with van der Waals surface area (Å²) in [6.07, 6.45) is 1.70. The fourth-order valence-corrected chi connectivity index (χ4v) is 4.78. The zero-order valence-electron chi connectivity index (χ0n) is 17.5. The van der Waals surface area contributed by atoms with Gasteiger partial charge in [-0.3, -0.25) is 0 Å². The van der Waals surface area contributed by atoms with Crippen LogP contribution in [-0.2, 0) is 10.0 Å². The SMILES string of the molecule is CN(C)c1cnnc(N2CCN(S(=O)(=O)c3ccc(Oc4ccccc4)cc3)CC2)c1. The maximum atomic E-state index is 13.1. The van der Waals surface area contributed by atoms with Crippen molar-refractivity contribution in [3.05, 3.63) is 66.9 Å². The van der Waals surface area contributed by atoms with E-state index in [2.05, 4.69) is 15.1 Å². The third-order valence-corrected chi connectivity index (χ3v) is 7.06. The van der Waals surface area contributed by atoms with E-state index in [-0.39, 0.29) is 4.90 Å². The molecule has 1 fully saturated rings. The highest BCUT2D eigenvalue weighted by atomic mass is 32.2. The highest BCUT2D eigenvalue weighted by Gasteiger charge is 2.29. The van der Waals surface area contributed by atoms with Gasteiger partial charge in [-0.05, 0) is 36.4 Å². The van der Waals surface area contributed by atoms with Crippen molar-refractivity contribution in [1.82, 2.24) is 14.5 Å². The Labute approximate surface area is 182 Å². The van der Waals surface area contributed by atoms with Crippen LogP contribution in [0.25, 0.3) is 0 Å². The molecule has 2 aromatic carbocycles. The highest BCUT2D eigenvalue weighted by molar-refractivity contribution is 7.89. The molecule has 0 aliphatic carbocycles. The van der Waals surface area contributed by atoms with Crippen molar-refractivity contribution in [3.8, 4) is 11.5 Å². The summed E-state index contributed by atoms with van der Waals surface area (Å²) >= 11 is 0. The Balaban J connectivity index is 1.41. The summed E-state index contributed by atoms with van der Waals surface area (Å²) in [7, 11) is 0.320. The van der Waals surface area contributed by atoms with Gasteiger partial charge >= 0.3 is 0 Å². The molecule has 9 heteroatoms. The molecule has 0 unspecified atom stereocenters. The van der Waals surface area contributed by atoms with Crippen LogP contribution in [0.15, 0.2) is 71.8 Å². The molecule has 0 atom stereocenters. The number of hydrogen-bond donors (Lipinski definition) is 0. The second-order valence-electron chi connectivity index (χ2n) is 7.44. The quantitative estimate of drug-likeness (QED) is 0.584. The van der Waals surface area contributed by atoms with Gasteiger partial charge in [-0.15, -0.1) is 5.10 Å². The molecule has 1 aliphatic heterocycles. The zero-order chi connectivity index (χ0) is 21.8. The Hall–Kier alpha value is -3.17. The first-order valence-electron chi connectivity index (χ1n) is 10.0. The molecule has 0 amide bonds. The Kier molecular flexibility index (Phi) is 6.06. The van der Waals surface area contributed by atoms with E-state index in [1.54, 1.807) is 30.5 Å². The molecule has 0 saturated carbocycles. The lowest BCUT2D eigenvalue weighted by Gasteiger charge is -2.34. The van der Waals surface area contributed by atoms with Crippen LogP contribution in [0.1, 0.15) is 0 Å². The summed E-state index contributed by atoms with van der Waals surface area (Å²) in [6, 6.07) is 17.9. The summed E-state index contributed by atoms with van der Waals surface area (Å²) in [5, 5.41) is 8.26. The number of sulfonamides is 1. The van der Waals surface area contributed by atoms with Gasteiger partial charge in [0.2, 0.25) is 10.0 Å². The molecule has 0 bridgehead atoms. The van der Waals surface area contributed by atoms with Crippen LogP contribution in [0.4, 0.5) is 11.5 Å². The van der Waals surface area contributed by atoms with E-state index < -0.39 is 10.0 Å². The second-order valence-corrected chi connectivity index (χ2v) is 9.38. The van der Waals surface area contributed by atoms with E-state index in [1.165, 1.54) is 4.31 Å². The normalized spacial score (nSPS) is 15.0. The van der Waals surface area contributed by atoms with Crippen LogP contribution < -0.4 is 14.5 Å². The topological polar surface area (TPSA) is 78.9 Å². The maximum absolute atomic E-state index is 13.1. The van der Waals surface area contributed by atoms with Crippen LogP contribution in [0.3, 0.4) is 0 Å². The molecule has 1 aromatic heterocycles. The van der Waals surface area contributed by atoms with Gasteiger partial charge in [0.05, 0.1) is 16.8 Å². The molecular formula is C22H25N5O3S. The van der Waals surface area contributed by atoms with Crippen molar-refractivity contribution in [2.24, 2.45) is 0 Å². The van der Waals surface area contributed by atoms with Crippen LogP contribution in [0.2, 0.25) is 0 Å². The predicted molar refractivity (Wildman–Crippen MR) is 120 cm³/mol. The Morgan fingerprint density at radius 2 is 1.55 bits per heavy atom. The number of ether oxygens (including phenoxy) is 1. The van der Waals surface area contributed by atoms with Gasteiger partial charge in [0.15, 0.2) is 5.82 Å². The van der Waals surface area contributed by atoms with Crippen LogP contribution in [0.5, 0.6) is 11.5 Å². The summed E-state index contributed by atoms with van der Waals surface area (Å²) in [4.78, 5) is 4.28. The van der Waals surface area contributed by atoms with Crippen LogP contribution in [0, 0.1) is 0 Å². The van der Waals surface area contributed by atoms with Crippen molar-refractivity contribution >= 4 is 21.5 Å². The Bertz CT molecular complexity index is 1110. The van der Waals surface area contributed by atoms with E-state index >= 15 is 0 Å². The number of hydrogen-bond acceptors (Lipinski definition) is 7. The molecule has 0 N–H and O–H groups in total. The van der Waals surface area contributed by atoms with E-state index in [0.29, 0.717) is 37.7 Å². The number of para-hydroxylation sites is 1. The van der Waals surface area contributed by atoms with E-state index in [1.807, 2.05) is 55.4 Å². The van der Waals surface area contributed by atoms with Gasteiger partial charge in [-0.25, -0.2) is 8.42 Å². The summed E-state index contributed by atoms with van der Waals surface area (Å²) in [5.74, 6) is 2.05. The van der Waals surface area contributed by atoms with Crippen LogP contribution >= 0.6 is 0 Å². The van der Waals surface area contributed by atoms with Crippen molar-refractivity contribution in [2.75, 3.05) is 50.1 Å². The number of anilines is 2. The smallest absolute Gasteiger partial charge is 0.243 e. The minimum atomic E-state index is -3.57. The molecule has 1 aliphatic rings. The molecule has 3 aromatic rings. The molecule has 1 saturated heterocycles. The lowest BCUT2D eigenvalue weighted by atomic mass is 10.3. The first kappa shape index (κ1) is 21.1. The first-order chi connectivity index (χ1) is 14.9.